The molecule has 6 heteroatoms. The third kappa shape index (κ3) is 1.63. The Kier molecular flexibility index (Phi) is 1.74. The molecule has 0 aromatic rings. The molecule has 1 saturated heterocycles. The first-order valence-electron chi connectivity index (χ1n) is 2.64. The van der Waals surface area contributed by atoms with E-state index in [1.807, 2.05) is 0 Å². The summed E-state index contributed by atoms with van der Waals surface area (Å²) in [5, 5.41) is 25.5. The van der Waals surface area contributed by atoms with Gasteiger partial charge in [-0.05, 0) is 0 Å². The van der Waals surface area contributed by atoms with Gasteiger partial charge in [-0.25, -0.2) is 0 Å². The van der Waals surface area contributed by atoms with E-state index >= 15 is 0 Å². The molecule has 0 bridgehead atoms. The molecule has 0 aromatic heterocycles. The highest BCUT2D eigenvalue weighted by molar-refractivity contribution is 6.50. The van der Waals surface area contributed by atoms with Gasteiger partial charge in [-0.15, -0.1) is 0 Å². The summed E-state index contributed by atoms with van der Waals surface area (Å²) in [6.07, 6.45) is -0.597. The average molecular weight is 135 g/mol. The molecule has 1 aliphatic heterocycles. The van der Waals surface area contributed by atoms with E-state index in [0.29, 0.717) is 0 Å². The second-order valence-electron chi connectivity index (χ2n) is 1.91. The third-order valence-corrected chi connectivity index (χ3v) is 1.07. The Morgan fingerprint density at radius 3 is 2.44 bits per heavy atom. The fourth-order valence-electron chi connectivity index (χ4n) is 0.658. The minimum Gasteiger partial charge on any atom is -0.533 e. The van der Waals surface area contributed by atoms with E-state index in [1.54, 1.807) is 0 Å². The number of rotatable bonds is 1. The van der Waals surface area contributed by atoms with Crippen LogP contribution in [0.4, 0.5) is 0 Å². The monoisotopic (exact) mass is 135 g/mol. The van der Waals surface area contributed by atoms with Crippen molar-refractivity contribution in [3.05, 3.63) is 0 Å². The molecule has 1 fully saturated rings. The molecule has 1 heterocycles. The van der Waals surface area contributed by atoms with Gasteiger partial charge in [0.15, 0.2) is 0 Å². The Labute approximate surface area is 51.9 Å². The van der Waals surface area contributed by atoms with E-state index < -0.39 is 13.1 Å². The van der Waals surface area contributed by atoms with Crippen LogP contribution in [0, 0.1) is 0 Å². The Bertz CT molecular complexity index is 104. The summed E-state index contributed by atoms with van der Waals surface area (Å²) in [5.41, 5.74) is 0. The molecule has 1 atom stereocenters. The van der Waals surface area contributed by atoms with E-state index in [9.17, 15) is 0 Å². The van der Waals surface area contributed by atoms with Gasteiger partial charge in [0, 0.05) is 6.61 Å². The van der Waals surface area contributed by atoms with Gasteiger partial charge in [0.25, 0.3) is 0 Å². The summed E-state index contributed by atoms with van der Waals surface area (Å²) < 4.78 is 8.73. The lowest BCUT2D eigenvalue weighted by Crippen LogP contribution is -2.37. The van der Waals surface area contributed by atoms with Crippen LogP contribution >= 0.6 is 0 Å². The van der Waals surface area contributed by atoms with Gasteiger partial charge in [-0.1, -0.05) is 0 Å². The second-order valence-corrected chi connectivity index (χ2v) is 1.91. The molecule has 1 rings (SSSR count). The Hall–Kier alpha value is -0.135. The summed E-state index contributed by atoms with van der Waals surface area (Å²) >= 11 is 0. The van der Waals surface area contributed by atoms with E-state index in [0.717, 1.165) is 0 Å². The van der Waals surface area contributed by atoms with Crippen molar-refractivity contribution in [3.8, 4) is 0 Å². The molecule has 0 amide bonds. The van der Waals surface area contributed by atoms with E-state index in [1.165, 1.54) is 0 Å². The highest BCUT2D eigenvalue weighted by Crippen LogP contribution is 2.12. The molecule has 3 N–H and O–H groups in total. The number of aliphatic hydroxyl groups excluding tert-OH is 1. The Morgan fingerprint density at radius 2 is 2.22 bits per heavy atom. The average Bonchev–Trinajstić information content (AvgIpc) is 2.10. The molecule has 0 saturated carbocycles. The highest BCUT2D eigenvalue weighted by atomic mass is 16.8. The lowest BCUT2D eigenvalue weighted by molar-refractivity contribution is 0.0728. The predicted octanol–water partition coefficient (Wildman–Crippen LogP) is -2.19. The Balaban J connectivity index is 2.38. The van der Waals surface area contributed by atoms with Crippen molar-refractivity contribution >= 4 is 6.96 Å². The lowest BCUT2D eigenvalue weighted by atomic mass is 10.1. The number of aliphatic hydroxyl groups is 1. The Morgan fingerprint density at radius 1 is 1.56 bits per heavy atom. The SMILES string of the molecule is OCC1CO[B-](O)(O)O1. The minimum atomic E-state index is -3.07. The van der Waals surface area contributed by atoms with Gasteiger partial charge < -0.3 is 24.5 Å². The molecule has 54 valence electrons. The molecule has 0 radical (unpaired) electrons. The maximum absolute atomic E-state index is 8.56. The molecule has 0 aromatic carbocycles. The quantitative estimate of drug-likeness (QED) is 0.356. The van der Waals surface area contributed by atoms with Crippen molar-refractivity contribution in [2.75, 3.05) is 13.2 Å². The van der Waals surface area contributed by atoms with Crippen LogP contribution in [0.3, 0.4) is 0 Å². The van der Waals surface area contributed by atoms with Gasteiger partial charge in [-0.3, -0.25) is 0 Å². The first-order valence-corrected chi connectivity index (χ1v) is 2.64. The molecule has 1 aliphatic rings. The van der Waals surface area contributed by atoms with Crippen LogP contribution in [0.25, 0.3) is 0 Å². The van der Waals surface area contributed by atoms with E-state index in [-0.39, 0.29) is 13.2 Å². The van der Waals surface area contributed by atoms with Gasteiger partial charge in [0.05, 0.1) is 12.7 Å². The molecule has 9 heavy (non-hydrogen) atoms. The molecular formula is C3H8BO5-. The summed E-state index contributed by atoms with van der Waals surface area (Å²) in [7, 11) is 0. The summed E-state index contributed by atoms with van der Waals surface area (Å²) in [4.78, 5) is 0. The van der Waals surface area contributed by atoms with Crippen molar-refractivity contribution in [3.63, 3.8) is 0 Å². The van der Waals surface area contributed by atoms with Crippen molar-refractivity contribution in [1.29, 1.82) is 0 Å². The van der Waals surface area contributed by atoms with Gasteiger partial charge in [0.2, 0.25) is 0 Å². The molecule has 5 nitrogen and oxygen atoms in total. The van der Waals surface area contributed by atoms with Crippen LogP contribution in [0.15, 0.2) is 0 Å². The van der Waals surface area contributed by atoms with Crippen LogP contribution in [-0.4, -0.2) is 41.4 Å². The molecular weight excluding hydrogens is 127 g/mol. The van der Waals surface area contributed by atoms with E-state index in [4.69, 9.17) is 15.2 Å². The standard InChI is InChI=1S/C3H8BO5/c5-1-3-2-8-4(6,7)9-3/h3,5-7H,1-2H2/q-1. The normalized spacial score (nSPS) is 33.0. The topological polar surface area (TPSA) is 79.2 Å². The van der Waals surface area contributed by atoms with Crippen molar-refractivity contribution < 1.29 is 24.5 Å². The first-order chi connectivity index (χ1) is 4.14. The fourth-order valence-corrected chi connectivity index (χ4v) is 0.658. The zero-order chi connectivity index (χ0) is 6.91. The smallest absolute Gasteiger partial charge is 0.526 e. The van der Waals surface area contributed by atoms with Gasteiger partial charge in [0.1, 0.15) is 0 Å². The zero-order valence-corrected chi connectivity index (χ0v) is 4.73. The summed E-state index contributed by atoms with van der Waals surface area (Å²) in [5.74, 6) is 0. The largest absolute Gasteiger partial charge is 0.533 e. The molecule has 0 aliphatic carbocycles. The highest BCUT2D eigenvalue weighted by Gasteiger charge is 2.33. The number of hydrogen-bond donors (Lipinski definition) is 3. The first kappa shape index (κ1) is 6.98. The van der Waals surface area contributed by atoms with Crippen LogP contribution < -0.4 is 0 Å². The van der Waals surface area contributed by atoms with Crippen LogP contribution in [0.1, 0.15) is 0 Å². The van der Waals surface area contributed by atoms with Gasteiger partial charge in [-0.2, -0.15) is 0 Å². The fraction of sp³-hybridized carbons (Fsp3) is 1.00. The van der Waals surface area contributed by atoms with Crippen LogP contribution in [0.2, 0.25) is 0 Å². The molecule has 1 unspecified atom stereocenters. The zero-order valence-electron chi connectivity index (χ0n) is 4.73. The predicted molar refractivity (Wildman–Crippen MR) is 28.1 cm³/mol. The van der Waals surface area contributed by atoms with Crippen molar-refractivity contribution in [2.24, 2.45) is 0 Å². The van der Waals surface area contributed by atoms with Crippen molar-refractivity contribution in [2.45, 2.75) is 6.10 Å². The van der Waals surface area contributed by atoms with E-state index in [2.05, 4.69) is 9.31 Å². The van der Waals surface area contributed by atoms with Gasteiger partial charge >= 0.3 is 6.96 Å². The lowest BCUT2D eigenvalue weighted by Gasteiger charge is -2.19. The minimum absolute atomic E-state index is 0.0312. The van der Waals surface area contributed by atoms with Crippen molar-refractivity contribution in [1.82, 2.24) is 0 Å². The molecule has 0 spiro atoms. The maximum atomic E-state index is 8.56. The van der Waals surface area contributed by atoms with Crippen LogP contribution in [0.5, 0.6) is 0 Å². The van der Waals surface area contributed by atoms with Crippen LogP contribution in [-0.2, 0) is 9.31 Å². The third-order valence-electron chi connectivity index (χ3n) is 1.07. The summed E-state index contributed by atoms with van der Waals surface area (Å²) in [6.45, 7) is -3.30. The number of hydrogen-bond acceptors (Lipinski definition) is 5. The maximum Gasteiger partial charge on any atom is 0.526 e. The second kappa shape index (κ2) is 2.24. The summed E-state index contributed by atoms with van der Waals surface area (Å²) in [6, 6.07) is 0.